The monoisotopic (exact) mass is 410 g/mol. The molecule has 1 nitrogen and oxygen atoms in total. The summed E-state index contributed by atoms with van der Waals surface area (Å²) in [5.41, 5.74) is 0. The molecule has 0 fully saturated rings. The van der Waals surface area contributed by atoms with E-state index >= 15 is 0 Å². The van der Waals surface area contributed by atoms with Crippen molar-refractivity contribution < 1.29 is 4.42 Å². The lowest BCUT2D eigenvalue weighted by Crippen LogP contribution is -1.83. The topological polar surface area (TPSA) is 13.1 Å². The third-order valence-corrected chi connectivity index (χ3v) is 5.70. The summed E-state index contributed by atoms with van der Waals surface area (Å²) in [5, 5.41) is 0. The third-order valence-electron chi connectivity index (χ3n) is 5.70. The van der Waals surface area contributed by atoms with Gasteiger partial charge in [-0.3, -0.25) is 0 Å². The molecule has 1 heteroatoms. The molecule has 0 saturated heterocycles. The van der Waals surface area contributed by atoms with Gasteiger partial charge in [-0.25, -0.2) is 0 Å². The van der Waals surface area contributed by atoms with Gasteiger partial charge in [-0.05, 0) is 43.2 Å². The maximum absolute atomic E-state index is 5.35. The Labute approximate surface area is 187 Å². The van der Waals surface area contributed by atoms with E-state index in [2.05, 4.69) is 36.7 Å². The van der Waals surface area contributed by atoms with Gasteiger partial charge in [-0.1, -0.05) is 109 Å². The minimum Gasteiger partial charge on any atom is -0.469 e. The number of hydrogen-bond donors (Lipinski definition) is 0. The number of unbranched alkanes of at least 4 members (excludes halogenated alkanes) is 17. The number of aryl methyl sites for hydroxylation is 1. The van der Waals surface area contributed by atoms with Crippen molar-refractivity contribution in [2.24, 2.45) is 0 Å². The van der Waals surface area contributed by atoms with Gasteiger partial charge in [0.05, 0.1) is 6.26 Å². The van der Waals surface area contributed by atoms with Crippen molar-refractivity contribution >= 4 is 0 Å². The Morgan fingerprint density at radius 3 is 1.53 bits per heavy atom. The van der Waals surface area contributed by atoms with Gasteiger partial charge in [0.1, 0.15) is 5.76 Å². The fourth-order valence-electron chi connectivity index (χ4n) is 3.77. The van der Waals surface area contributed by atoms with Crippen LogP contribution in [0.25, 0.3) is 0 Å². The van der Waals surface area contributed by atoms with Crippen LogP contribution in [0.4, 0.5) is 0 Å². The predicted molar refractivity (Wildman–Crippen MR) is 131 cm³/mol. The van der Waals surface area contributed by atoms with Gasteiger partial charge in [-0.2, -0.15) is 0 Å². The standard InChI is InChI=1S/C29H46O/c1-2-3-4-5-6-7-8-9-10-11-12-13-14-15-16-17-18-19-20-21-22-23-24-26-29-27-25-28-30-29/h25,27-28H,2-15,20-24,26H2,1H3. The Morgan fingerprint density at radius 1 is 0.600 bits per heavy atom. The van der Waals surface area contributed by atoms with Crippen LogP contribution in [0.2, 0.25) is 0 Å². The summed E-state index contributed by atoms with van der Waals surface area (Å²) in [6.45, 7) is 2.29. The van der Waals surface area contributed by atoms with Crippen LogP contribution < -0.4 is 0 Å². The van der Waals surface area contributed by atoms with E-state index in [-0.39, 0.29) is 0 Å². The predicted octanol–water partition coefficient (Wildman–Crippen LogP) is 9.26. The molecule has 0 N–H and O–H groups in total. The molecule has 1 rings (SSSR count). The van der Waals surface area contributed by atoms with Crippen molar-refractivity contribution in [2.75, 3.05) is 0 Å². The summed E-state index contributed by atoms with van der Waals surface area (Å²) in [5.74, 6) is 13.6. The lowest BCUT2D eigenvalue weighted by Gasteiger charge is -2.02. The number of furan rings is 1. The van der Waals surface area contributed by atoms with Crippen LogP contribution in [0.15, 0.2) is 22.8 Å². The van der Waals surface area contributed by atoms with E-state index in [1.165, 1.54) is 109 Å². The molecule has 0 aliphatic rings. The first-order chi connectivity index (χ1) is 14.9. The molecule has 1 heterocycles. The molecule has 0 spiro atoms. The first kappa shape index (κ1) is 26.4. The Balaban J connectivity index is 1.75. The van der Waals surface area contributed by atoms with Gasteiger partial charge in [0.2, 0.25) is 0 Å². The van der Waals surface area contributed by atoms with Crippen LogP contribution in [-0.2, 0) is 6.42 Å². The lowest BCUT2D eigenvalue weighted by atomic mass is 10.0. The highest BCUT2D eigenvalue weighted by Crippen LogP contribution is 2.13. The van der Waals surface area contributed by atoms with E-state index in [0.29, 0.717) is 0 Å². The quantitative estimate of drug-likeness (QED) is 0.163. The van der Waals surface area contributed by atoms with E-state index in [1.54, 1.807) is 6.26 Å². The summed E-state index contributed by atoms with van der Waals surface area (Å²) >= 11 is 0. The second kappa shape index (κ2) is 22.1. The van der Waals surface area contributed by atoms with Crippen LogP contribution in [0, 0.1) is 23.7 Å². The van der Waals surface area contributed by atoms with Crippen LogP contribution in [-0.4, -0.2) is 0 Å². The van der Waals surface area contributed by atoms with Gasteiger partial charge in [0.25, 0.3) is 0 Å². The minimum atomic E-state index is 0.980. The molecule has 0 unspecified atom stereocenters. The molecule has 0 atom stereocenters. The van der Waals surface area contributed by atoms with E-state index < -0.39 is 0 Å². The molecule has 1 aromatic rings. The molecule has 1 aromatic heterocycles. The Kier molecular flexibility index (Phi) is 19.5. The molecule has 0 aliphatic heterocycles. The van der Waals surface area contributed by atoms with Gasteiger partial charge in [-0.15, -0.1) is 0 Å². The van der Waals surface area contributed by atoms with Crippen LogP contribution >= 0.6 is 0 Å². The van der Waals surface area contributed by atoms with Crippen LogP contribution in [0.1, 0.15) is 135 Å². The Hall–Kier alpha value is -1.60. The van der Waals surface area contributed by atoms with Crippen molar-refractivity contribution in [2.45, 2.75) is 135 Å². The molecule has 0 amide bonds. The second-order valence-corrected chi connectivity index (χ2v) is 8.59. The largest absolute Gasteiger partial charge is 0.469 e. The lowest BCUT2D eigenvalue weighted by molar-refractivity contribution is 0.494. The molecular formula is C29H46O. The first-order valence-corrected chi connectivity index (χ1v) is 12.9. The average molecular weight is 411 g/mol. The summed E-state index contributed by atoms with van der Waals surface area (Å²) in [4.78, 5) is 0. The summed E-state index contributed by atoms with van der Waals surface area (Å²) in [7, 11) is 0. The number of hydrogen-bond acceptors (Lipinski definition) is 1. The van der Waals surface area contributed by atoms with Gasteiger partial charge in [0.15, 0.2) is 0 Å². The molecule has 0 aliphatic carbocycles. The maximum Gasteiger partial charge on any atom is 0.103 e. The Morgan fingerprint density at radius 2 is 1.07 bits per heavy atom. The normalized spacial score (nSPS) is 10.3. The van der Waals surface area contributed by atoms with Crippen LogP contribution in [0.5, 0.6) is 0 Å². The van der Waals surface area contributed by atoms with Crippen molar-refractivity contribution in [1.82, 2.24) is 0 Å². The number of rotatable bonds is 19. The van der Waals surface area contributed by atoms with Crippen molar-refractivity contribution in [1.29, 1.82) is 0 Å². The highest BCUT2D eigenvalue weighted by atomic mass is 16.3. The fourth-order valence-corrected chi connectivity index (χ4v) is 3.77. The van der Waals surface area contributed by atoms with Crippen molar-refractivity contribution in [3.8, 4) is 23.7 Å². The first-order valence-electron chi connectivity index (χ1n) is 12.9. The van der Waals surface area contributed by atoms with Gasteiger partial charge in [0, 0.05) is 19.3 Å². The smallest absolute Gasteiger partial charge is 0.103 e. The fraction of sp³-hybridized carbons (Fsp3) is 0.724. The molecule has 0 radical (unpaired) electrons. The molecule has 168 valence electrons. The summed E-state index contributed by atoms with van der Waals surface area (Å²) in [6, 6.07) is 4.02. The van der Waals surface area contributed by atoms with Gasteiger partial charge >= 0.3 is 0 Å². The third kappa shape index (κ3) is 18.4. The van der Waals surface area contributed by atoms with Crippen molar-refractivity contribution in [3.05, 3.63) is 24.2 Å². The van der Waals surface area contributed by atoms with E-state index in [1.807, 2.05) is 6.07 Å². The molecule has 0 aromatic carbocycles. The molecule has 30 heavy (non-hydrogen) atoms. The second-order valence-electron chi connectivity index (χ2n) is 8.59. The minimum absolute atomic E-state index is 0.980. The van der Waals surface area contributed by atoms with E-state index in [4.69, 9.17) is 4.42 Å². The highest BCUT2D eigenvalue weighted by Gasteiger charge is 1.95. The Bertz CT molecular complexity index is 575. The summed E-state index contributed by atoms with van der Waals surface area (Å²) in [6.07, 6.45) is 27.9. The van der Waals surface area contributed by atoms with Gasteiger partial charge < -0.3 is 4.42 Å². The zero-order valence-corrected chi connectivity index (χ0v) is 19.8. The average Bonchev–Trinajstić information content (AvgIpc) is 3.28. The summed E-state index contributed by atoms with van der Waals surface area (Å²) < 4.78 is 5.35. The SMILES string of the molecule is CCCCCCCCCCCCCCCC#CC#CCCCCCCc1ccco1. The maximum atomic E-state index is 5.35. The molecule has 0 bridgehead atoms. The zero-order chi connectivity index (χ0) is 21.4. The van der Waals surface area contributed by atoms with E-state index in [0.717, 1.165) is 25.0 Å². The van der Waals surface area contributed by atoms with Crippen LogP contribution in [0.3, 0.4) is 0 Å². The highest BCUT2D eigenvalue weighted by molar-refractivity contribution is 5.25. The molecular weight excluding hydrogens is 364 g/mol. The van der Waals surface area contributed by atoms with E-state index in [9.17, 15) is 0 Å². The molecule has 0 saturated carbocycles. The van der Waals surface area contributed by atoms with Crippen molar-refractivity contribution in [3.63, 3.8) is 0 Å². The zero-order valence-electron chi connectivity index (χ0n) is 19.8.